The second-order valence-corrected chi connectivity index (χ2v) is 11.9. The summed E-state index contributed by atoms with van der Waals surface area (Å²) in [5.41, 5.74) is 0. The Morgan fingerprint density at radius 2 is 1.05 bits per heavy atom. The van der Waals surface area contributed by atoms with Crippen LogP contribution in [0.3, 0.4) is 0 Å². The molecule has 22 heavy (non-hydrogen) atoms. The smallest absolute Gasteiger partial charge is 0.213 e. The van der Waals surface area contributed by atoms with Crippen LogP contribution in [0.1, 0.15) is 27.7 Å². The normalized spacial score (nSPS) is 23.6. The van der Waals surface area contributed by atoms with Crippen molar-refractivity contribution in [3.63, 3.8) is 0 Å². The molecule has 1 fully saturated rings. The second kappa shape index (κ2) is 8.41. The molecule has 0 aromatic carbocycles. The van der Waals surface area contributed by atoms with E-state index < -0.39 is 14.7 Å². The minimum Gasteiger partial charge on any atom is -0.325 e. The van der Waals surface area contributed by atoms with Crippen LogP contribution in [-0.4, -0.2) is 74.1 Å². The molecule has 1 rings (SSSR count). The van der Waals surface area contributed by atoms with Crippen LogP contribution >= 0.6 is 14.7 Å². The van der Waals surface area contributed by atoms with Crippen molar-refractivity contribution in [1.29, 1.82) is 0 Å². The molecule has 2 atom stereocenters. The molecule has 6 nitrogen and oxygen atoms in total. The monoisotopic (exact) mass is 354 g/mol. The fraction of sp³-hybridized carbons (Fsp3) is 1.00. The van der Waals surface area contributed by atoms with E-state index in [4.69, 9.17) is 9.05 Å². The zero-order valence-corrected chi connectivity index (χ0v) is 16.6. The minimum absolute atomic E-state index is 0.0173. The summed E-state index contributed by atoms with van der Waals surface area (Å²) < 4.78 is 35.8. The van der Waals surface area contributed by atoms with Gasteiger partial charge in [-0.3, -0.25) is 18.9 Å². The van der Waals surface area contributed by atoms with E-state index in [9.17, 15) is 9.13 Å². The fourth-order valence-electron chi connectivity index (χ4n) is 2.76. The topological polar surface area (TPSA) is 59.1 Å². The Balaban J connectivity index is 2.40. The van der Waals surface area contributed by atoms with E-state index in [0.717, 1.165) is 26.2 Å². The van der Waals surface area contributed by atoms with Crippen LogP contribution in [0.4, 0.5) is 0 Å². The summed E-state index contributed by atoms with van der Waals surface area (Å²) in [5.74, 6) is 0. The minimum atomic E-state index is -2.57. The molecule has 8 heteroatoms. The molecule has 0 aliphatic carbocycles. The maximum Gasteiger partial charge on any atom is 0.213 e. The molecule has 1 aliphatic rings. The quantitative estimate of drug-likeness (QED) is 0.624. The summed E-state index contributed by atoms with van der Waals surface area (Å²) in [4.78, 5) is 4.34. The molecule has 1 heterocycles. The third-order valence-corrected chi connectivity index (χ3v) is 6.81. The number of hydrogen-bond acceptors (Lipinski definition) is 6. The third kappa shape index (κ3) is 8.24. The molecule has 0 aromatic rings. The van der Waals surface area contributed by atoms with Gasteiger partial charge in [-0.15, -0.1) is 0 Å². The van der Waals surface area contributed by atoms with Crippen LogP contribution in [0.5, 0.6) is 0 Å². The van der Waals surface area contributed by atoms with Gasteiger partial charge < -0.3 is 9.05 Å². The zero-order chi connectivity index (χ0) is 17.0. The molecule has 1 saturated heterocycles. The number of piperazine rings is 1. The van der Waals surface area contributed by atoms with Gasteiger partial charge in [-0.25, -0.2) is 0 Å². The molecule has 0 aromatic heterocycles. The molecule has 0 radical (unpaired) electrons. The van der Waals surface area contributed by atoms with E-state index in [1.807, 2.05) is 27.7 Å². The number of rotatable bonds is 8. The summed E-state index contributed by atoms with van der Waals surface area (Å²) in [6.45, 7) is 14.3. The molecule has 0 spiro atoms. The summed E-state index contributed by atoms with van der Waals surface area (Å²) in [5, 5.41) is 0. The van der Waals surface area contributed by atoms with Gasteiger partial charge in [0, 0.05) is 39.5 Å². The lowest BCUT2D eigenvalue weighted by molar-refractivity contribution is 0.148. The zero-order valence-electron chi connectivity index (χ0n) is 14.8. The highest BCUT2D eigenvalue weighted by Crippen LogP contribution is 2.46. The standard InChI is InChI=1S/C14H32N2O4P2/c1-13(2)19-21(5,17)11-15-7-9-16(10-8-15)12-22(6,18)20-14(3)4/h13-14H,7-12H2,1-6H3/t21-,22-/m1/s1. The van der Waals surface area contributed by atoms with Gasteiger partial charge in [-0.05, 0) is 27.7 Å². The second-order valence-electron chi connectivity index (χ2n) is 6.86. The highest BCUT2D eigenvalue weighted by Gasteiger charge is 2.28. The Kier molecular flexibility index (Phi) is 7.78. The lowest BCUT2D eigenvalue weighted by atomic mass is 10.4. The van der Waals surface area contributed by atoms with Crippen molar-refractivity contribution in [2.75, 3.05) is 52.1 Å². The van der Waals surface area contributed by atoms with Gasteiger partial charge in [-0.1, -0.05) is 0 Å². The van der Waals surface area contributed by atoms with Crippen LogP contribution in [0.15, 0.2) is 0 Å². The van der Waals surface area contributed by atoms with Crippen molar-refractivity contribution in [3.05, 3.63) is 0 Å². The van der Waals surface area contributed by atoms with Crippen molar-refractivity contribution in [1.82, 2.24) is 9.80 Å². The molecule has 0 saturated carbocycles. The van der Waals surface area contributed by atoms with Crippen LogP contribution in [0.25, 0.3) is 0 Å². The molecule has 0 unspecified atom stereocenters. The largest absolute Gasteiger partial charge is 0.325 e. The molecule has 132 valence electrons. The average molecular weight is 354 g/mol. The van der Waals surface area contributed by atoms with Gasteiger partial charge in [-0.2, -0.15) is 0 Å². The van der Waals surface area contributed by atoms with Crippen LogP contribution in [-0.2, 0) is 18.2 Å². The maximum atomic E-state index is 12.4. The van der Waals surface area contributed by atoms with Gasteiger partial charge >= 0.3 is 0 Å². The molecular weight excluding hydrogens is 322 g/mol. The highest BCUT2D eigenvalue weighted by molar-refractivity contribution is 7.58. The Hall–Kier alpha value is 0.300. The predicted molar refractivity (Wildman–Crippen MR) is 92.4 cm³/mol. The van der Waals surface area contributed by atoms with Crippen molar-refractivity contribution in [2.24, 2.45) is 0 Å². The lowest BCUT2D eigenvalue weighted by Gasteiger charge is -2.36. The van der Waals surface area contributed by atoms with Crippen LogP contribution in [0.2, 0.25) is 0 Å². The predicted octanol–water partition coefficient (Wildman–Crippen LogP) is 3.18. The number of nitrogens with zero attached hydrogens (tertiary/aromatic N) is 2. The Bertz CT molecular complexity index is 395. The first-order chi connectivity index (χ1) is 9.99. The van der Waals surface area contributed by atoms with Gasteiger partial charge in [0.1, 0.15) is 0 Å². The van der Waals surface area contributed by atoms with E-state index in [0.29, 0.717) is 12.6 Å². The van der Waals surface area contributed by atoms with Crippen LogP contribution < -0.4 is 0 Å². The summed E-state index contributed by atoms with van der Waals surface area (Å²) in [7, 11) is -5.14. The van der Waals surface area contributed by atoms with Crippen molar-refractivity contribution < 1.29 is 18.2 Å². The first kappa shape index (κ1) is 20.3. The molecule has 1 aliphatic heterocycles. The van der Waals surface area contributed by atoms with E-state index >= 15 is 0 Å². The SMILES string of the molecule is CC(C)O[P@@](C)(=O)CN1CCN(C[P@](C)(=O)OC(C)C)CC1. The van der Waals surface area contributed by atoms with E-state index in [2.05, 4.69) is 9.80 Å². The van der Waals surface area contributed by atoms with E-state index in [1.54, 1.807) is 13.3 Å². The van der Waals surface area contributed by atoms with Crippen molar-refractivity contribution in [2.45, 2.75) is 39.9 Å². The van der Waals surface area contributed by atoms with E-state index in [-0.39, 0.29) is 12.2 Å². The van der Waals surface area contributed by atoms with Crippen molar-refractivity contribution in [3.8, 4) is 0 Å². The van der Waals surface area contributed by atoms with Gasteiger partial charge in [0.05, 0.1) is 24.8 Å². The highest BCUT2D eigenvalue weighted by atomic mass is 31.2. The Morgan fingerprint density at radius 3 is 1.27 bits per heavy atom. The molecule has 0 amide bonds. The third-order valence-electron chi connectivity index (χ3n) is 3.25. The van der Waals surface area contributed by atoms with Gasteiger partial charge in [0.15, 0.2) is 0 Å². The summed E-state index contributed by atoms with van der Waals surface area (Å²) in [6, 6.07) is 0. The Labute approximate surface area is 135 Å². The van der Waals surface area contributed by atoms with Gasteiger partial charge in [0.2, 0.25) is 14.7 Å². The molecular formula is C14H32N2O4P2. The lowest BCUT2D eigenvalue weighted by Crippen LogP contribution is -2.46. The molecule has 0 N–H and O–H groups in total. The maximum absolute atomic E-state index is 12.4. The van der Waals surface area contributed by atoms with Crippen LogP contribution in [0, 0.1) is 0 Å². The van der Waals surface area contributed by atoms with E-state index in [1.165, 1.54) is 0 Å². The summed E-state index contributed by atoms with van der Waals surface area (Å²) >= 11 is 0. The Morgan fingerprint density at radius 1 is 0.773 bits per heavy atom. The number of hydrogen-bond donors (Lipinski definition) is 0. The fourth-order valence-corrected chi connectivity index (χ4v) is 6.69. The summed E-state index contributed by atoms with van der Waals surface area (Å²) in [6.07, 6.45) is 0.948. The first-order valence-electron chi connectivity index (χ1n) is 7.94. The average Bonchev–Trinajstić information content (AvgIpc) is 2.27. The molecule has 0 bridgehead atoms. The van der Waals surface area contributed by atoms with Gasteiger partial charge in [0.25, 0.3) is 0 Å². The van der Waals surface area contributed by atoms with Crippen molar-refractivity contribution >= 4 is 14.7 Å². The first-order valence-corrected chi connectivity index (χ1v) is 12.4.